The standard InChI is InChI=1S/C14H19BrFNO/c1-9-4-5-14(7-9,8-17)13(18)10-2-3-11(15)12(16)6-10/h2-3,6,9,13,18H,4-5,7-8,17H2,1H3. The monoisotopic (exact) mass is 315 g/mol. The van der Waals surface area contributed by atoms with Crippen molar-refractivity contribution in [1.82, 2.24) is 0 Å². The van der Waals surface area contributed by atoms with Gasteiger partial charge in [0.25, 0.3) is 0 Å². The van der Waals surface area contributed by atoms with Crippen molar-refractivity contribution in [3.8, 4) is 0 Å². The number of aliphatic hydroxyl groups excluding tert-OH is 1. The van der Waals surface area contributed by atoms with Crippen molar-refractivity contribution in [1.29, 1.82) is 0 Å². The molecule has 0 bridgehead atoms. The van der Waals surface area contributed by atoms with E-state index >= 15 is 0 Å². The van der Waals surface area contributed by atoms with Gasteiger partial charge in [0.15, 0.2) is 0 Å². The molecule has 1 saturated carbocycles. The molecule has 2 rings (SSSR count). The minimum absolute atomic E-state index is 0.292. The highest BCUT2D eigenvalue weighted by Gasteiger charge is 2.42. The molecule has 3 atom stereocenters. The predicted octanol–water partition coefficient (Wildman–Crippen LogP) is 3.39. The van der Waals surface area contributed by atoms with Crippen molar-refractivity contribution < 1.29 is 9.50 Å². The average molecular weight is 316 g/mol. The van der Waals surface area contributed by atoms with E-state index in [1.807, 2.05) is 0 Å². The highest BCUT2D eigenvalue weighted by atomic mass is 79.9. The van der Waals surface area contributed by atoms with Gasteiger partial charge in [0.1, 0.15) is 5.82 Å². The number of hydrogen-bond acceptors (Lipinski definition) is 2. The predicted molar refractivity (Wildman–Crippen MR) is 73.6 cm³/mol. The molecule has 1 aliphatic carbocycles. The molecule has 18 heavy (non-hydrogen) atoms. The van der Waals surface area contributed by atoms with Crippen LogP contribution in [-0.4, -0.2) is 11.7 Å². The average Bonchev–Trinajstić information content (AvgIpc) is 2.75. The molecule has 2 nitrogen and oxygen atoms in total. The number of benzene rings is 1. The van der Waals surface area contributed by atoms with Crippen LogP contribution in [0.1, 0.15) is 37.9 Å². The Bertz CT molecular complexity index is 440. The maximum absolute atomic E-state index is 13.5. The number of aliphatic hydroxyl groups is 1. The second-order valence-electron chi connectivity index (χ2n) is 5.49. The van der Waals surface area contributed by atoms with E-state index in [0.29, 0.717) is 22.5 Å². The van der Waals surface area contributed by atoms with Crippen LogP contribution >= 0.6 is 15.9 Å². The number of rotatable bonds is 3. The zero-order chi connectivity index (χ0) is 13.3. The van der Waals surface area contributed by atoms with Gasteiger partial charge in [0.2, 0.25) is 0 Å². The van der Waals surface area contributed by atoms with Crippen LogP contribution in [0.3, 0.4) is 0 Å². The Morgan fingerprint density at radius 2 is 2.33 bits per heavy atom. The summed E-state index contributed by atoms with van der Waals surface area (Å²) in [6, 6.07) is 4.80. The van der Waals surface area contributed by atoms with Gasteiger partial charge in [0.05, 0.1) is 10.6 Å². The van der Waals surface area contributed by atoms with Crippen molar-refractivity contribution in [3.63, 3.8) is 0 Å². The smallest absolute Gasteiger partial charge is 0.137 e. The van der Waals surface area contributed by atoms with Crippen LogP contribution in [0.2, 0.25) is 0 Å². The van der Waals surface area contributed by atoms with Crippen LogP contribution in [0.5, 0.6) is 0 Å². The van der Waals surface area contributed by atoms with Gasteiger partial charge in [-0.3, -0.25) is 0 Å². The van der Waals surface area contributed by atoms with E-state index in [1.54, 1.807) is 12.1 Å². The van der Waals surface area contributed by atoms with Crippen molar-refractivity contribution in [2.24, 2.45) is 17.1 Å². The molecule has 0 saturated heterocycles. The summed E-state index contributed by atoms with van der Waals surface area (Å²) in [5.74, 6) is 0.230. The van der Waals surface area contributed by atoms with Gasteiger partial charge in [-0.25, -0.2) is 4.39 Å². The molecule has 0 heterocycles. The van der Waals surface area contributed by atoms with Crippen molar-refractivity contribution >= 4 is 15.9 Å². The van der Waals surface area contributed by atoms with Gasteiger partial charge in [0, 0.05) is 12.0 Å². The zero-order valence-electron chi connectivity index (χ0n) is 10.5. The lowest BCUT2D eigenvalue weighted by molar-refractivity contribution is 0.0305. The van der Waals surface area contributed by atoms with Crippen molar-refractivity contribution in [2.45, 2.75) is 32.3 Å². The molecule has 1 aliphatic rings. The molecule has 0 radical (unpaired) electrons. The molecule has 0 aromatic heterocycles. The summed E-state index contributed by atoms with van der Waals surface area (Å²) in [6.07, 6.45) is 2.20. The van der Waals surface area contributed by atoms with E-state index < -0.39 is 6.10 Å². The van der Waals surface area contributed by atoms with Crippen LogP contribution in [0, 0.1) is 17.2 Å². The Labute approximate surface area is 116 Å². The Balaban J connectivity index is 2.29. The fraction of sp³-hybridized carbons (Fsp3) is 0.571. The van der Waals surface area contributed by atoms with Gasteiger partial charge < -0.3 is 10.8 Å². The van der Waals surface area contributed by atoms with Crippen LogP contribution in [-0.2, 0) is 0 Å². The quantitative estimate of drug-likeness (QED) is 0.898. The van der Waals surface area contributed by atoms with Gasteiger partial charge >= 0.3 is 0 Å². The minimum Gasteiger partial charge on any atom is -0.388 e. The lowest BCUT2D eigenvalue weighted by Gasteiger charge is -2.33. The molecular formula is C14H19BrFNO. The summed E-state index contributed by atoms with van der Waals surface area (Å²) in [6.45, 7) is 2.61. The molecule has 1 aromatic carbocycles. The first-order valence-electron chi connectivity index (χ1n) is 6.31. The zero-order valence-corrected chi connectivity index (χ0v) is 12.1. The summed E-state index contributed by atoms with van der Waals surface area (Å²) < 4.78 is 14.0. The molecule has 3 N–H and O–H groups in total. The van der Waals surface area contributed by atoms with E-state index in [0.717, 1.165) is 19.3 Å². The minimum atomic E-state index is -0.685. The number of nitrogens with two attached hydrogens (primary N) is 1. The lowest BCUT2D eigenvalue weighted by Crippen LogP contribution is -2.34. The summed E-state index contributed by atoms with van der Waals surface area (Å²) in [7, 11) is 0. The first-order chi connectivity index (χ1) is 8.48. The molecule has 0 amide bonds. The molecule has 1 fully saturated rings. The maximum Gasteiger partial charge on any atom is 0.137 e. The Kier molecular flexibility index (Phi) is 4.09. The molecule has 4 heteroatoms. The Morgan fingerprint density at radius 1 is 1.61 bits per heavy atom. The second kappa shape index (κ2) is 5.27. The highest BCUT2D eigenvalue weighted by Crippen LogP contribution is 2.49. The third-order valence-corrected chi connectivity index (χ3v) is 4.78. The molecule has 3 unspecified atom stereocenters. The van der Waals surface area contributed by atoms with E-state index in [-0.39, 0.29) is 11.2 Å². The number of hydrogen-bond donors (Lipinski definition) is 2. The topological polar surface area (TPSA) is 46.2 Å². The first-order valence-corrected chi connectivity index (χ1v) is 7.11. The first kappa shape index (κ1) is 14.0. The normalized spacial score (nSPS) is 29.5. The van der Waals surface area contributed by atoms with Gasteiger partial charge in [-0.2, -0.15) is 0 Å². The Hall–Kier alpha value is -0.450. The van der Waals surface area contributed by atoms with E-state index in [1.165, 1.54) is 6.07 Å². The lowest BCUT2D eigenvalue weighted by atomic mass is 9.77. The third-order valence-electron chi connectivity index (χ3n) is 4.14. The van der Waals surface area contributed by atoms with Crippen LogP contribution in [0.4, 0.5) is 4.39 Å². The third kappa shape index (κ3) is 2.46. The fourth-order valence-corrected chi connectivity index (χ4v) is 3.26. The molecule has 100 valence electrons. The summed E-state index contributed by atoms with van der Waals surface area (Å²) in [5, 5.41) is 10.5. The maximum atomic E-state index is 13.5. The van der Waals surface area contributed by atoms with E-state index in [2.05, 4.69) is 22.9 Å². The van der Waals surface area contributed by atoms with Crippen LogP contribution < -0.4 is 5.73 Å². The Morgan fingerprint density at radius 3 is 2.83 bits per heavy atom. The van der Waals surface area contributed by atoms with E-state index in [9.17, 15) is 9.50 Å². The van der Waals surface area contributed by atoms with E-state index in [4.69, 9.17) is 5.73 Å². The molecule has 0 spiro atoms. The van der Waals surface area contributed by atoms with Gasteiger partial charge in [-0.1, -0.05) is 19.4 Å². The van der Waals surface area contributed by atoms with Gasteiger partial charge in [-0.15, -0.1) is 0 Å². The highest BCUT2D eigenvalue weighted by molar-refractivity contribution is 9.10. The molecule has 1 aromatic rings. The second-order valence-corrected chi connectivity index (χ2v) is 6.34. The summed E-state index contributed by atoms with van der Waals surface area (Å²) in [4.78, 5) is 0. The summed E-state index contributed by atoms with van der Waals surface area (Å²) >= 11 is 3.12. The number of halogens is 2. The van der Waals surface area contributed by atoms with Gasteiger partial charge in [-0.05, 0) is 52.4 Å². The largest absolute Gasteiger partial charge is 0.388 e. The molecule has 0 aliphatic heterocycles. The summed E-state index contributed by atoms with van der Waals surface area (Å²) in [5.41, 5.74) is 6.20. The van der Waals surface area contributed by atoms with Crippen LogP contribution in [0.15, 0.2) is 22.7 Å². The van der Waals surface area contributed by atoms with Crippen molar-refractivity contribution in [2.75, 3.05) is 6.54 Å². The molecular weight excluding hydrogens is 297 g/mol. The SMILES string of the molecule is CC1CCC(CN)(C(O)c2ccc(Br)c(F)c2)C1. The van der Waals surface area contributed by atoms with Crippen LogP contribution in [0.25, 0.3) is 0 Å². The fourth-order valence-electron chi connectivity index (χ4n) is 3.01. The van der Waals surface area contributed by atoms with Crippen molar-refractivity contribution in [3.05, 3.63) is 34.1 Å².